The van der Waals surface area contributed by atoms with Gasteiger partial charge in [0.15, 0.2) is 0 Å². The Balaban J connectivity index is 1.35. The lowest BCUT2D eigenvalue weighted by Crippen LogP contribution is -2.47. The maximum atomic E-state index is 4.01. The average molecular weight is 285 g/mol. The Morgan fingerprint density at radius 3 is 2.24 bits per heavy atom. The van der Waals surface area contributed by atoms with Gasteiger partial charge in [0.1, 0.15) is 0 Å². The average Bonchev–Trinajstić information content (AvgIpc) is 3.06. The predicted molar refractivity (Wildman–Crippen MR) is 83.0 cm³/mol. The normalized spacial score (nSPS) is 17.1. The highest BCUT2D eigenvalue weighted by Crippen LogP contribution is 2.05. The van der Waals surface area contributed by atoms with Crippen molar-refractivity contribution in [3.63, 3.8) is 0 Å². The summed E-state index contributed by atoms with van der Waals surface area (Å²) in [6, 6.07) is 10.8. The van der Waals surface area contributed by atoms with Crippen LogP contribution < -0.4 is 0 Å². The number of aromatic nitrogens is 3. The third kappa shape index (κ3) is 4.37. The number of piperazine rings is 1. The summed E-state index contributed by atoms with van der Waals surface area (Å²) in [5.41, 5.74) is 1.44. The van der Waals surface area contributed by atoms with Crippen LogP contribution in [0.2, 0.25) is 0 Å². The smallest absolute Gasteiger partial charge is 0.0692 e. The molecule has 0 aliphatic carbocycles. The fourth-order valence-electron chi connectivity index (χ4n) is 2.76. The zero-order chi connectivity index (χ0) is 14.3. The van der Waals surface area contributed by atoms with E-state index in [9.17, 15) is 0 Å². The molecule has 21 heavy (non-hydrogen) atoms. The zero-order valence-electron chi connectivity index (χ0n) is 12.4. The quantitative estimate of drug-likeness (QED) is 0.797. The number of hydrogen-bond acceptors (Lipinski definition) is 4. The van der Waals surface area contributed by atoms with Gasteiger partial charge in [-0.1, -0.05) is 35.5 Å². The summed E-state index contributed by atoms with van der Waals surface area (Å²) in [6.07, 6.45) is 4.82. The molecule has 1 aromatic heterocycles. The lowest BCUT2D eigenvalue weighted by molar-refractivity contribution is 0.129. The van der Waals surface area contributed by atoms with Gasteiger partial charge in [-0.15, -0.1) is 5.10 Å². The van der Waals surface area contributed by atoms with Gasteiger partial charge in [-0.3, -0.25) is 9.58 Å². The summed E-state index contributed by atoms with van der Waals surface area (Å²) in [5.74, 6) is 0. The van der Waals surface area contributed by atoms with Crippen molar-refractivity contribution < 1.29 is 0 Å². The third-order valence-electron chi connectivity index (χ3n) is 4.14. The Labute approximate surface area is 126 Å². The molecule has 112 valence electrons. The molecule has 0 unspecified atom stereocenters. The molecule has 0 saturated carbocycles. The first-order valence-electron chi connectivity index (χ1n) is 7.73. The van der Waals surface area contributed by atoms with E-state index in [-0.39, 0.29) is 0 Å². The monoisotopic (exact) mass is 285 g/mol. The maximum absolute atomic E-state index is 4.01. The topological polar surface area (TPSA) is 37.2 Å². The van der Waals surface area contributed by atoms with E-state index in [1.165, 1.54) is 25.2 Å². The Morgan fingerprint density at radius 1 is 0.857 bits per heavy atom. The number of rotatable bonds is 6. The summed E-state index contributed by atoms with van der Waals surface area (Å²) in [5, 5.41) is 7.85. The Bertz CT molecular complexity index is 503. The molecule has 1 saturated heterocycles. The lowest BCUT2D eigenvalue weighted by atomic mass is 10.1. The highest BCUT2D eigenvalue weighted by molar-refractivity contribution is 5.14. The summed E-state index contributed by atoms with van der Waals surface area (Å²) >= 11 is 0. The summed E-state index contributed by atoms with van der Waals surface area (Å²) in [6.45, 7) is 7.82. The molecule has 2 aromatic rings. The molecule has 3 rings (SSSR count). The van der Waals surface area contributed by atoms with Gasteiger partial charge < -0.3 is 4.90 Å². The second kappa shape index (κ2) is 7.33. The SMILES string of the molecule is c1ccc(CCN2CCN(CCn3ccnn3)CC2)cc1. The predicted octanol–water partition coefficient (Wildman–Crippen LogP) is 1.14. The van der Waals surface area contributed by atoms with Crippen molar-refractivity contribution in [2.24, 2.45) is 0 Å². The second-order valence-corrected chi connectivity index (χ2v) is 5.59. The maximum Gasteiger partial charge on any atom is 0.0692 e. The van der Waals surface area contributed by atoms with Crippen LogP contribution in [0.3, 0.4) is 0 Å². The summed E-state index contributed by atoms with van der Waals surface area (Å²) < 4.78 is 1.90. The van der Waals surface area contributed by atoms with E-state index in [0.717, 1.165) is 32.6 Å². The summed E-state index contributed by atoms with van der Waals surface area (Å²) in [4.78, 5) is 5.08. The van der Waals surface area contributed by atoms with Gasteiger partial charge in [-0.05, 0) is 12.0 Å². The van der Waals surface area contributed by atoms with Gasteiger partial charge in [0.05, 0.1) is 12.7 Å². The van der Waals surface area contributed by atoms with Crippen molar-refractivity contribution in [2.75, 3.05) is 39.3 Å². The van der Waals surface area contributed by atoms with E-state index >= 15 is 0 Å². The van der Waals surface area contributed by atoms with Gasteiger partial charge in [0.25, 0.3) is 0 Å². The first-order valence-corrected chi connectivity index (χ1v) is 7.73. The lowest BCUT2D eigenvalue weighted by Gasteiger charge is -2.34. The fourth-order valence-corrected chi connectivity index (χ4v) is 2.76. The van der Waals surface area contributed by atoms with Crippen molar-refractivity contribution in [3.8, 4) is 0 Å². The standard InChI is InChI=1S/C16H23N5/c1-2-4-16(5-3-1)6-8-19-10-12-20(13-11-19)14-15-21-9-7-17-18-21/h1-5,7,9H,6,8,10-15H2. The minimum absolute atomic E-state index is 0.935. The van der Waals surface area contributed by atoms with Crippen molar-refractivity contribution in [1.29, 1.82) is 0 Å². The molecule has 0 bridgehead atoms. The molecule has 0 N–H and O–H groups in total. The van der Waals surface area contributed by atoms with Crippen molar-refractivity contribution in [3.05, 3.63) is 48.3 Å². The van der Waals surface area contributed by atoms with E-state index in [4.69, 9.17) is 0 Å². The Kier molecular flexibility index (Phi) is 4.97. The molecule has 0 atom stereocenters. The molecule has 0 radical (unpaired) electrons. The van der Waals surface area contributed by atoms with Crippen LogP contribution in [0.25, 0.3) is 0 Å². The van der Waals surface area contributed by atoms with Crippen LogP contribution in [-0.2, 0) is 13.0 Å². The third-order valence-corrected chi connectivity index (χ3v) is 4.14. The first kappa shape index (κ1) is 14.2. The molecular formula is C16H23N5. The zero-order valence-corrected chi connectivity index (χ0v) is 12.4. The van der Waals surface area contributed by atoms with Gasteiger partial charge in [0.2, 0.25) is 0 Å². The van der Waals surface area contributed by atoms with Gasteiger partial charge in [-0.2, -0.15) is 0 Å². The van der Waals surface area contributed by atoms with Crippen molar-refractivity contribution in [2.45, 2.75) is 13.0 Å². The second-order valence-electron chi connectivity index (χ2n) is 5.59. The molecule has 1 fully saturated rings. The summed E-state index contributed by atoms with van der Waals surface area (Å²) in [7, 11) is 0. The molecule has 2 heterocycles. The molecular weight excluding hydrogens is 262 g/mol. The van der Waals surface area contributed by atoms with Gasteiger partial charge in [-0.25, -0.2) is 0 Å². The number of nitrogens with zero attached hydrogens (tertiary/aromatic N) is 5. The molecule has 1 aromatic carbocycles. The van der Waals surface area contributed by atoms with Crippen LogP contribution >= 0.6 is 0 Å². The van der Waals surface area contributed by atoms with E-state index in [2.05, 4.69) is 50.4 Å². The van der Waals surface area contributed by atoms with E-state index < -0.39 is 0 Å². The van der Waals surface area contributed by atoms with Crippen LogP contribution in [0.15, 0.2) is 42.7 Å². The molecule has 0 spiro atoms. The van der Waals surface area contributed by atoms with Crippen LogP contribution in [-0.4, -0.2) is 64.1 Å². The van der Waals surface area contributed by atoms with E-state index in [1.54, 1.807) is 6.20 Å². The number of hydrogen-bond donors (Lipinski definition) is 0. The fraction of sp³-hybridized carbons (Fsp3) is 0.500. The van der Waals surface area contributed by atoms with Gasteiger partial charge in [0, 0.05) is 45.5 Å². The molecule has 0 amide bonds. The molecule has 5 nitrogen and oxygen atoms in total. The molecule has 1 aliphatic rings. The molecule has 5 heteroatoms. The largest absolute Gasteiger partial charge is 0.300 e. The van der Waals surface area contributed by atoms with Crippen LogP contribution in [0.4, 0.5) is 0 Å². The van der Waals surface area contributed by atoms with Crippen LogP contribution in [0, 0.1) is 0 Å². The van der Waals surface area contributed by atoms with Crippen LogP contribution in [0.1, 0.15) is 5.56 Å². The minimum atomic E-state index is 0.935. The Hall–Kier alpha value is -1.72. The van der Waals surface area contributed by atoms with Crippen molar-refractivity contribution in [1.82, 2.24) is 24.8 Å². The highest BCUT2D eigenvalue weighted by Gasteiger charge is 2.16. The molecule has 1 aliphatic heterocycles. The van der Waals surface area contributed by atoms with Crippen LogP contribution in [0.5, 0.6) is 0 Å². The Morgan fingerprint density at radius 2 is 1.57 bits per heavy atom. The van der Waals surface area contributed by atoms with Crippen molar-refractivity contribution >= 4 is 0 Å². The minimum Gasteiger partial charge on any atom is -0.300 e. The van der Waals surface area contributed by atoms with Gasteiger partial charge >= 0.3 is 0 Å². The van der Waals surface area contributed by atoms with E-state index in [1.807, 2.05) is 10.9 Å². The first-order chi connectivity index (χ1) is 10.4. The number of benzene rings is 1. The van der Waals surface area contributed by atoms with E-state index in [0.29, 0.717) is 0 Å². The highest BCUT2D eigenvalue weighted by atomic mass is 15.4.